The molecule has 1 aliphatic heterocycles. The Morgan fingerprint density at radius 3 is 2.87 bits per heavy atom. The van der Waals surface area contributed by atoms with E-state index in [0.717, 1.165) is 12.1 Å². The third-order valence-electron chi connectivity index (χ3n) is 3.40. The lowest BCUT2D eigenvalue weighted by Crippen LogP contribution is -2.18. The Labute approximate surface area is 129 Å². The molecule has 1 aromatic heterocycles. The summed E-state index contributed by atoms with van der Waals surface area (Å²) in [5.41, 5.74) is -0.532. The quantitative estimate of drug-likeness (QED) is 0.814. The van der Waals surface area contributed by atoms with Crippen molar-refractivity contribution in [2.45, 2.75) is 18.7 Å². The molecule has 1 aromatic carbocycles. The van der Waals surface area contributed by atoms with E-state index in [1.165, 1.54) is 29.1 Å². The number of hydrogen-bond acceptors (Lipinski definition) is 4. The molecule has 5 nitrogen and oxygen atoms in total. The highest BCUT2D eigenvalue weighted by atomic mass is 19.4. The normalized spacial score (nSPS) is 18.1. The Hall–Kier alpha value is -2.35. The van der Waals surface area contributed by atoms with E-state index in [9.17, 15) is 18.0 Å². The highest BCUT2D eigenvalue weighted by Gasteiger charge is 2.30. The van der Waals surface area contributed by atoms with E-state index >= 15 is 0 Å². The van der Waals surface area contributed by atoms with E-state index < -0.39 is 17.7 Å². The molecule has 1 aliphatic rings. The second-order valence-electron chi connectivity index (χ2n) is 5.08. The summed E-state index contributed by atoms with van der Waals surface area (Å²) in [6.07, 6.45) is -2.70. The van der Waals surface area contributed by atoms with Crippen LogP contribution in [0.3, 0.4) is 0 Å². The van der Waals surface area contributed by atoms with Gasteiger partial charge < -0.3 is 9.47 Å². The zero-order valence-electron chi connectivity index (χ0n) is 11.9. The van der Waals surface area contributed by atoms with Crippen LogP contribution in [0.1, 0.15) is 22.5 Å². The summed E-state index contributed by atoms with van der Waals surface area (Å²) in [7, 11) is 0. The van der Waals surface area contributed by atoms with Gasteiger partial charge >= 0.3 is 12.1 Å². The number of halogens is 3. The van der Waals surface area contributed by atoms with Gasteiger partial charge in [0.15, 0.2) is 5.69 Å². The number of hydrogen-bond donors (Lipinski definition) is 0. The SMILES string of the molecule is O=C(OC1CCOC1)c1ccn(-c2cccc(C(F)(F)F)c2)n1. The van der Waals surface area contributed by atoms with Gasteiger partial charge in [-0.25, -0.2) is 9.48 Å². The summed E-state index contributed by atoms with van der Waals surface area (Å²) in [4.78, 5) is 11.9. The Kier molecular flexibility index (Phi) is 4.08. The minimum Gasteiger partial charge on any atom is -0.455 e. The zero-order chi connectivity index (χ0) is 16.4. The number of nitrogens with zero attached hydrogens (tertiary/aromatic N) is 2. The topological polar surface area (TPSA) is 53.4 Å². The van der Waals surface area contributed by atoms with Crippen molar-refractivity contribution < 1.29 is 27.4 Å². The van der Waals surface area contributed by atoms with Crippen molar-refractivity contribution in [1.29, 1.82) is 0 Å². The largest absolute Gasteiger partial charge is 0.455 e. The first-order valence-corrected chi connectivity index (χ1v) is 6.95. The molecule has 122 valence electrons. The fraction of sp³-hybridized carbons (Fsp3) is 0.333. The molecule has 1 unspecified atom stereocenters. The fourth-order valence-electron chi connectivity index (χ4n) is 2.22. The van der Waals surface area contributed by atoms with Gasteiger partial charge in [0.2, 0.25) is 0 Å². The number of carbonyl (C=O) groups is 1. The number of benzene rings is 1. The molecule has 0 radical (unpaired) electrons. The molecule has 0 aliphatic carbocycles. The van der Waals surface area contributed by atoms with Crippen LogP contribution in [0, 0.1) is 0 Å². The predicted octanol–water partition coefficient (Wildman–Crippen LogP) is 2.84. The number of carbonyl (C=O) groups excluding carboxylic acids is 1. The third-order valence-corrected chi connectivity index (χ3v) is 3.40. The molecule has 1 fully saturated rings. The van der Waals surface area contributed by atoms with Crippen LogP contribution in [-0.2, 0) is 15.7 Å². The highest BCUT2D eigenvalue weighted by molar-refractivity contribution is 5.87. The molecule has 2 heterocycles. The number of ether oxygens (including phenoxy) is 2. The van der Waals surface area contributed by atoms with Gasteiger partial charge in [-0.15, -0.1) is 0 Å². The van der Waals surface area contributed by atoms with Gasteiger partial charge in [0.05, 0.1) is 24.5 Å². The van der Waals surface area contributed by atoms with Crippen molar-refractivity contribution in [3.05, 3.63) is 47.8 Å². The molecule has 3 rings (SSSR count). The number of rotatable bonds is 3. The average Bonchev–Trinajstić information content (AvgIpc) is 3.17. The lowest BCUT2D eigenvalue weighted by Gasteiger charge is -2.09. The summed E-state index contributed by atoms with van der Waals surface area (Å²) in [6.45, 7) is 0.886. The molecule has 0 spiro atoms. The lowest BCUT2D eigenvalue weighted by atomic mass is 10.2. The molecule has 0 amide bonds. The van der Waals surface area contributed by atoms with E-state index in [0.29, 0.717) is 19.6 Å². The standard InChI is InChI=1S/C15H13F3N2O3/c16-15(17,18)10-2-1-3-11(8-10)20-6-4-13(19-20)14(21)23-12-5-7-22-9-12/h1-4,6,8,12H,5,7,9H2. The van der Waals surface area contributed by atoms with Crippen LogP contribution < -0.4 is 0 Å². The molecule has 0 N–H and O–H groups in total. The second kappa shape index (κ2) is 6.04. The third kappa shape index (κ3) is 3.53. The minimum absolute atomic E-state index is 0.0364. The number of alkyl halides is 3. The van der Waals surface area contributed by atoms with E-state index in [2.05, 4.69) is 5.10 Å². The van der Waals surface area contributed by atoms with Gasteiger partial charge in [-0.05, 0) is 24.3 Å². The molecule has 1 saturated heterocycles. The van der Waals surface area contributed by atoms with Crippen LogP contribution in [0.25, 0.3) is 5.69 Å². The molecular weight excluding hydrogens is 313 g/mol. The molecule has 23 heavy (non-hydrogen) atoms. The molecule has 8 heteroatoms. The second-order valence-corrected chi connectivity index (χ2v) is 5.08. The van der Waals surface area contributed by atoms with Gasteiger partial charge in [-0.3, -0.25) is 0 Å². The van der Waals surface area contributed by atoms with E-state index in [1.54, 1.807) is 0 Å². The van der Waals surface area contributed by atoms with Crippen LogP contribution in [0.2, 0.25) is 0 Å². The molecule has 1 atom stereocenters. The molecule has 0 bridgehead atoms. The minimum atomic E-state index is -4.44. The first-order valence-electron chi connectivity index (χ1n) is 6.95. The Bertz CT molecular complexity index is 706. The Balaban J connectivity index is 1.77. The van der Waals surface area contributed by atoms with Crippen molar-refractivity contribution in [2.75, 3.05) is 13.2 Å². The first-order chi connectivity index (χ1) is 10.9. The number of aromatic nitrogens is 2. The summed E-state index contributed by atoms with van der Waals surface area (Å²) in [5.74, 6) is -0.619. The number of esters is 1. The summed E-state index contributed by atoms with van der Waals surface area (Å²) in [6, 6.07) is 6.10. The Morgan fingerprint density at radius 1 is 1.35 bits per heavy atom. The summed E-state index contributed by atoms with van der Waals surface area (Å²) in [5, 5.41) is 3.98. The maximum absolute atomic E-state index is 12.7. The van der Waals surface area contributed by atoms with Crippen molar-refractivity contribution in [1.82, 2.24) is 9.78 Å². The van der Waals surface area contributed by atoms with Gasteiger partial charge in [0, 0.05) is 12.6 Å². The van der Waals surface area contributed by atoms with Crippen LogP contribution in [0.15, 0.2) is 36.5 Å². The van der Waals surface area contributed by atoms with Crippen molar-refractivity contribution in [3.8, 4) is 5.69 Å². The average molecular weight is 326 g/mol. The summed E-state index contributed by atoms with van der Waals surface area (Å²) >= 11 is 0. The van der Waals surface area contributed by atoms with Crippen molar-refractivity contribution in [3.63, 3.8) is 0 Å². The van der Waals surface area contributed by atoms with E-state index in [-0.39, 0.29) is 17.5 Å². The van der Waals surface area contributed by atoms with E-state index in [4.69, 9.17) is 9.47 Å². The fourth-order valence-corrected chi connectivity index (χ4v) is 2.22. The molecule has 0 saturated carbocycles. The molecular formula is C15H13F3N2O3. The van der Waals surface area contributed by atoms with Gasteiger partial charge in [-0.1, -0.05) is 6.07 Å². The predicted molar refractivity (Wildman–Crippen MR) is 73.2 cm³/mol. The van der Waals surface area contributed by atoms with Crippen LogP contribution in [0.4, 0.5) is 13.2 Å². The highest BCUT2D eigenvalue weighted by Crippen LogP contribution is 2.30. The first kappa shape index (κ1) is 15.5. The van der Waals surface area contributed by atoms with Crippen LogP contribution in [0.5, 0.6) is 0 Å². The zero-order valence-corrected chi connectivity index (χ0v) is 11.9. The lowest BCUT2D eigenvalue weighted by molar-refractivity contribution is -0.137. The van der Waals surface area contributed by atoms with Crippen molar-refractivity contribution >= 4 is 5.97 Å². The van der Waals surface area contributed by atoms with Gasteiger partial charge in [-0.2, -0.15) is 18.3 Å². The monoisotopic (exact) mass is 326 g/mol. The maximum Gasteiger partial charge on any atom is 0.416 e. The van der Waals surface area contributed by atoms with Crippen molar-refractivity contribution in [2.24, 2.45) is 0 Å². The summed E-state index contributed by atoms with van der Waals surface area (Å²) < 4.78 is 49.7. The van der Waals surface area contributed by atoms with Gasteiger partial charge in [0.1, 0.15) is 6.10 Å². The van der Waals surface area contributed by atoms with Gasteiger partial charge in [0.25, 0.3) is 0 Å². The Morgan fingerprint density at radius 2 is 2.17 bits per heavy atom. The van der Waals surface area contributed by atoms with E-state index in [1.807, 2.05) is 0 Å². The maximum atomic E-state index is 12.7. The molecule has 2 aromatic rings. The smallest absolute Gasteiger partial charge is 0.416 e. The van der Waals surface area contributed by atoms with Crippen LogP contribution >= 0.6 is 0 Å². The van der Waals surface area contributed by atoms with Crippen LogP contribution in [-0.4, -0.2) is 35.1 Å².